The van der Waals surface area contributed by atoms with Gasteiger partial charge >= 0.3 is 5.97 Å². The fourth-order valence-electron chi connectivity index (χ4n) is 2.99. The molecule has 9 heteroatoms. The van der Waals surface area contributed by atoms with Crippen LogP contribution in [-0.4, -0.2) is 38.7 Å². The molecule has 0 radical (unpaired) electrons. The number of nitrogens with zero attached hydrogens (tertiary/aromatic N) is 4. The predicted molar refractivity (Wildman–Crippen MR) is 112 cm³/mol. The number of tetrazole rings is 1. The number of ether oxygens (including phenoxy) is 1. The molecular formula is C21H22ClN5O3. The second-order valence-electron chi connectivity index (χ2n) is 6.61. The third-order valence-electron chi connectivity index (χ3n) is 4.42. The summed E-state index contributed by atoms with van der Waals surface area (Å²) in [5.74, 6) is -0.364. The molecule has 1 aromatic heterocycles. The van der Waals surface area contributed by atoms with Crippen molar-refractivity contribution in [3.8, 4) is 11.4 Å². The number of aryl methyl sites for hydroxylation is 1. The van der Waals surface area contributed by atoms with E-state index in [0.29, 0.717) is 16.4 Å². The van der Waals surface area contributed by atoms with Crippen LogP contribution in [-0.2, 0) is 20.9 Å². The minimum absolute atomic E-state index is 0.0391. The zero-order valence-corrected chi connectivity index (χ0v) is 17.5. The van der Waals surface area contributed by atoms with E-state index in [1.165, 1.54) is 4.80 Å². The van der Waals surface area contributed by atoms with Crippen molar-refractivity contribution in [2.75, 3.05) is 6.61 Å². The Morgan fingerprint density at radius 1 is 1.17 bits per heavy atom. The van der Waals surface area contributed by atoms with Gasteiger partial charge in [0.2, 0.25) is 11.7 Å². The van der Waals surface area contributed by atoms with E-state index in [1.807, 2.05) is 31.2 Å². The number of esters is 1. The second-order valence-corrected chi connectivity index (χ2v) is 7.02. The van der Waals surface area contributed by atoms with Gasteiger partial charge in [-0.3, -0.25) is 9.59 Å². The highest BCUT2D eigenvalue weighted by Gasteiger charge is 2.22. The first-order valence-electron chi connectivity index (χ1n) is 9.51. The van der Waals surface area contributed by atoms with Crippen molar-refractivity contribution >= 4 is 23.5 Å². The number of halogens is 1. The molecule has 0 bridgehead atoms. The molecule has 0 aliphatic rings. The van der Waals surface area contributed by atoms with Crippen molar-refractivity contribution in [3.05, 3.63) is 64.7 Å². The third-order valence-corrected chi connectivity index (χ3v) is 4.76. The number of amides is 1. The topological polar surface area (TPSA) is 99.0 Å². The highest BCUT2D eigenvalue weighted by molar-refractivity contribution is 6.31. The van der Waals surface area contributed by atoms with E-state index in [2.05, 4.69) is 20.7 Å². The van der Waals surface area contributed by atoms with Gasteiger partial charge in [0.25, 0.3) is 0 Å². The van der Waals surface area contributed by atoms with Crippen molar-refractivity contribution in [2.45, 2.75) is 32.9 Å². The van der Waals surface area contributed by atoms with Gasteiger partial charge in [-0.2, -0.15) is 4.80 Å². The first-order valence-corrected chi connectivity index (χ1v) is 9.89. The maximum Gasteiger partial charge on any atom is 0.308 e. The van der Waals surface area contributed by atoms with E-state index in [4.69, 9.17) is 16.3 Å². The number of rotatable bonds is 8. The minimum Gasteiger partial charge on any atom is -0.466 e. The summed E-state index contributed by atoms with van der Waals surface area (Å²) < 4.78 is 5.02. The Kier molecular flexibility index (Phi) is 7.13. The second kappa shape index (κ2) is 9.98. The van der Waals surface area contributed by atoms with Gasteiger partial charge in [0.15, 0.2) is 0 Å². The molecule has 1 atom stereocenters. The molecule has 8 nitrogen and oxygen atoms in total. The third kappa shape index (κ3) is 5.42. The Morgan fingerprint density at radius 3 is 2.63 bits per heavy atom. The summed E-state index contributed by atoms with van der Waals surface area (Å²) in [5.41, 5.74) is 2.49. The van der Waals surface area contributed by atoms with Gasteiger partial charge < -0.3 is 10.1 Å². The van der Waals surface area contributed by atoms with Crippen LogP contribution in [0.2, 0.25) is 5.02 Å². The lowest BCUT2D eigenvalue weighted by atomic mass is 10.0. The fraction of sp³-hybridized carbons (Fsp3) is 0.286. The van der Waals surface area contributed by atoms with E-state index in [1.54, 1.807) is 31.2 Å². The van der Waals surface area contributed by atoms with Crippen molar-refractivity contribution in [2.24, 2.45) is 0 Å². The maximum atomic E-state index is 12.6. The van der Waals surface area contributed by atoms with Crippen molar-refractivity contribution < 1.29 is 14.3 Å². The molecule has 0 aliphatic heterocycles. The summed E-state index contributed by atoms with van der Waals surface area (Å²) in [4.78, 5) is 25.9. The molecule has 0 spiro atoms. The van der Waals surface area contributed by atoms with Crippen LogP contribution in [0.4, 0.5) is 0 Å². The summed E-state index contributed by atoms with van der Waals surface area (Å²) in [5, 5.41) is 15.5. The van der Waals surface area contributed by atoms with Gasteiger partial charge in [0, 0.05) is 10.6 Å². The molecule has 156 valence electrons. The first kappa shape index (κ1) is 21.4. The normalized spacial score (nSPS) is 11.7. The largest absolute Gasteiger partial charge is 0.466 e. The lowest BCUT2D eigenvalue weighted by Gasteiger charge is -2.19. The number of carbonyl (C=O) groups is 2. The Morgan fingerprint density at radius 2 is 1.90 bits per heavy atom. The average molecular weight is 428 g/mol. The van der Waals surface area contributed by atoms with E-state index in [9.17, 15) is 9.59 Å². The molecular weight excluding hydrogens is 406 g/mol. The van der Waals surface area contributed by atoms with Crippen LogP contribution in [0.15, 0.2) is 48.5 Å². The SMILES string of the molecule is CCOC(=O)CC(NC(=O)Cn1nnc(-c2ccccc2C)n1)c1ccccc1Cl. The summed E-state index contributed by atoms with van der Waals surface area (Å²) in [6.45, 7) is 3.78. The molecule has 0 saturated heterocycles. The van der Waals surface area contributed by atoms with E-state index in [0.717, 1.165) is 11.1 Å². The van der Waals surface area contributed by atoms with Crippen molar-refractivity contribution in [3.63, 3.8) is 0 Å². The first-order chi connectivity index (χ1) is 14.5. The van der Waals surface area contributed by atoms with Crippen LogP contribution in [0.25, 0.3) is 11.4 Å². The van der Waals surface area contributed by atoms with E-state index in [-0.39, 0.29) is 25.5 Å². The van der Waals surface area contributed by atoms with Crippen LogP contribution in [0.5, 0.6) is 0 Å². The van der Waals surface area contributed by atoms with E-state index < -0.39 is 12.0 Å². The molecule has 1 amide bonds. The zero-order chi connectivity index (χ0) is 21.5. The quantitative estimate of drug-likeness (QED) is 0.554. The Labute approximate surface area is 179 Å². The summed E-state index contributed by atoms with van der Waals surface area (Å²) >= 11 is 6.27. The predicted octanol–water partition coefficient (Wildman–Crippen LogP) is 3.11. The molecule has 0 aliphatic carbocycles. The smallest absolute Gasteiger partial charge is 0.308 e. The number of hydrogen-bond acceptors (Lipinski definition) is 6. The van der Waals surface area contributed by atoms with Crippen LogP contribution < -0.4 is 5.32 Å². The van der Waals surface area contributed by atoms with Crippen molar-refractivity contribution in [1.82, 2.24) is 25.5 Å². The Hall–Kier alpha value is -3.26. The molecule has 2 aromatic carbocycles. The van der Waals surface area contributed by atoms with Gasteiger partial charge in [-0.25, -0.2) is 0 Å². The molecule has 1 unspecified atom stereocenters. The monoisotopic (exact) mass is 427 g/mol. The minimum atomic E-state index is -0.635. The molecule has 3 rings (SSSR count). The van der Waals surface area contributed by atoms with E-state index >= 15 is 0 Å². The molecule has 1 heterocycles. The standard InChI is InChI=1S/C21H22ClN5O3/c1-3-30-20(29)12-18(16-10-6-7-11-17(16)22)23-19(28)13-27-25-21(24-26-27)15-9-5-4-8-14(15)2/h4-11,18H,3,12-13H2,1-2H3,(H,23,28). The van der Waals surface area contributed by atoms with Crippen LogP contribution in [0.3, 0.4) is 0 Å². The summed E-state index contributed by atoms with van der Waals surface area (Å²) in [6.07, 6.45) is -0.0391. The molecule has 30 heavy (non-hydrogen) atoms. The van der Waals surface area contributed by atoms with Crippen molar-refractivity contribution in [1.29, 1.82) is 0 Å². The molecule has 0 saturated carbocycles. The van der Waals surface area contributed by atoms with Crippen LogP contribution in [0, 0.1) is 6.92 Å². The summed E-state index contributed by atoms with van der Waals surface area (Å²) in [7, 11) is 0. The van der Waals surface area contributed by atoms with Gasteiger partial charge in [-0.1, -0.05) is 54.1 Å². The fourth-order valence-corrected chi connectivity index (χ4v) is 3.26. The molecule has 1 N–H and O–H groups in total. The van der Waals surface area contributed by atoms with Crippen LogP contribution in [0.1, 0.15) is 30.5 Å². The van der Waals surface area contributed by atoms with Gasteiger partial charge in [0.05, 0.1) is 19.1 Å². The zero-order valence-electron chi connectivity index (χ0n) is 16.7. The summed E-state index contributed by atoms with van der Waals surface area (Å²) in [6, 6.07) is 14.1. The molecule has 3 aromatic rings. The number of nitrogens with one attached hydrogen (secondary N) is 1. The Bertz CT molecular complexity index is 1040. The lowest BCUT2D eigenvalue weighted by molar-refractivity contribution is -0.143. The van der Waals surface area contributed by atoms with Gasteiger partial charge in [-0.05, 0) is 36.3 Å². The highest BCUT2D eigenvalue weighted by atomic mass is 35.5. The maximum absolute atomic E-state index is 12.6. The highest BCUT2D eigenvalue weighted by Crippen LogP contribution is 2.25. The lowest BCUT2D eigenvalue weighted by Crippen LogP contribution is -2.34. The van der Waals surface area contributed by atoms with Gasteiger partial charge in [-0.15, -0.1) is 10.2 Å². The number of aromatic nitrogens is 4. The Balaban J connectivity index is 1.72. The van der Waals surface area contributed by atoms with Crippen LogP contribution >= 0.6 is 11.6 Å². The number of carbonyl (C=O) groups excluding carboxylic acids is 2. The van der Waals surface area contributed by atoms with Gasteiger partial charge in [0.1, 0.15) is 6.54 Å². The number of benzene rings is 2. The molecule has 0 fully saturated rings. The average Bonchev–Trinajstić information content (AvgIpc) is 3.16. The number of hydrogen-bond donors (Lipinski definition) is 1.